The zero-order valence-electron chi connectivity index (χ0n) is 14.7. The molecule has 144 valence electrons. The van der Waals surface area contributed by atoms with Gasteiger partial charge in [0.15, 0.2) is 6.04 Å². The molecular weight excluding hydrogens is 359 g/mol. The normalized spacial score (nSPS) is 20.9. The molecule has 0 unspecified atom stereocenters. The first-order valence-electron chi connectivity index (χ1n) is 8.66. The average Bonchev–Trinajstić information content (AvgIpc) is 2.66. The Hall–Kier alpha value is -2.54. The average molecular weight is 379 g/mol. The van der Waals surface area contributed by atoms with Crippen LogP contribution in [0.1, 0.15) is 18.5 Å². The Morgan fingerprint density at radius 1 is 1.04 bits per heavy atom. The number of alkyl halides is 3. The van der Waals surface area contributed by atoms with Crippen LogP contribution in [0.3, 0.4) is 0 Å². The number of benzene rings is 2. The lowest BCUT2D eigenvalue weighted by Gasteiger charge is -2.50. The summed E-state index contributed by atoms with van der Waals surface area (Å²) < 4.78 is 52.0. The molecule has 4 nitrogen and oxygen atoms in total. The molecule has 0 bridgehead atoms. The summed E-state index contributed by atoms with van der Waals surface area (Å²) in [5.41, 5.74) is 0.590. The maximum absolute atomic E-state index is 13.8. The fourth-order valence-corrected chi connectivity index (χ4v) is 3.16. The van der Waals surface area contributed by atoms with E-state index in [1.54, 1.807) is 55.5 Å². The lowest BCUT2D eigenvalue weighted by molar-refractivity contribution is -0.246. The van der Waals surface area contributed by atoms with Crippen molar-refractivity contribution >= 4 is 5.91 Å². The lowest BCUT2D eigenvalue weighted by Crippen LogP contribution is -2.73. The summed E-state index contributed by atoms with van der Waals surface area (Å²) in [6.45, 7) is 2.07. The molecule has 3 rings (SSSR count). The second-order valence-electron chi connectivity index (χ2n) is 6.17. The third-order valence-electron chi connectivity index (χ3n) is 4.43. The van der Waals surface area contributed by atoms with E-state index < -0.39 is 30.3 Å². The zero-order valence-corrected chi connectivity index (χ0v) is 14.7. The van der Waals surface area contributed by atoms with Crippen LogP contribution in [0, 0.1) is 0 Å². The van der Waals surface area contributed by atoms with Crippen LogP contribution in [0.5, 0.6) is 5.75 Å². The van der Waals surface area contributed by atoms with Crippen LogP contribution in [0.4, 0.5) is 13.2 Å². The van der Waals surface area contributed by atoms with Gasteiger partial charge in [0.05, 0.1) is 12.6 Å². The van der Waals surface area contributed by atoms with Crippen molar-refractivity contribution in [2.45, 2.75) is 31.3 Å². The number of likely N-dealkylation sites (tertiary alicyclic amines) is 1. The van der Waals surface area contributed by atoms with Crippen LogP contribution in [0.15, 0.2) is 60.7 Å². The molecule has 7 heteroatoms. The minimum absolute atomic E-state index is 0.0170. The molecule has 0 aromatic heterocycles. The number of hydrogen-bond acceptors (Lipinski definition) is 3. The van der Waals surface area contributed by atoms with Gasteiger partial charge in [-0.25, -0.2) is 0 Å². The van der Waals surface area contributed by atoms with Gasteiger partial charge in [-0.05, 0) is 24.6 Å². The fraction of sp³-hybridized carbons (Fsp3) is 0.350. The Morgan fingerprint density at radius 2 is 1.63 bits per heavy atom. The van der Waals surface area contributed by atoms with Crippen LogP contribution in [-0.2, 0) is 9.53 Å². The highest BCUT2D eigenvalue weighted by atomic mass is 19.4. The second kappa shape index (κ2) is 8.00. The van der Waals surface area contributed by atoms with E-state index in [2.05, 4.69) is 0 Å². The summed E-state index contributed by atoms with van der Waals surface area (Å²) in [5, 5.41) is 0. The van der Waals surface area contributed by atoms with Gasteiger partial charge in [0.25, 0.3) is 5.91 Å². The van der Waals surface area contributed by atoms with E-state index in [4.69, 9.17) is 9.47 Å². The number of amides is 1. The van der Waals surface area contributed by atoms with Crippen molar-refractivity contribution in [3.8, 4) is 5.75 Å². The summed E-state index contributed by atoms with van der Waals surface area (Å²) in [6, 6.07) is 13.8. The molecule has 3 atom stereocenters. The Balaban J connectivity index is 1.89. The van der Waals surface area contributed by atoms with E-state index in [0.717, 1.165) is 4.90 Å². The monoisotopic (exact) mass is 379 g/mol. The molecule has 0 spiro atoms. The lowest BCUT2D eigenvalue weighted by atomic mass is 9.91. The van der Waals surface area contributed by atoms with E-state index in [0.29, 0.717) is 12.2 Å². The third kappa shape index (κ3) is 4.08. The van der Waals surface area contributed by atoms with Crippen LogP contribution < -0.4 is 4.74 Å². The fourth-order valence-electron chi connectivity index (χ4n) is 3.16. The van der Waals surface area contributed by atoms with Gasteiger partial charge in [0, 0.05) is 6.61 Å². The number of carbonyl (C=O) groups is 1. The predicted molar refractivity (Wildman–Crippen MR) is 93.2 cm³/mol. The van der Waals surface area contributed by atoms with Crippen LogP contribution >= 0.6 is 0 Å². The molecule has 1 heterocycles. The third-order valence-corrected chi connectivity index (χ3v) is 4.43. The minimum Gasteiger partial charge on any atom is -0.478 e. The van der Waals surface area contributed by atoms with E-state index in [-0.39, 0.29) is 12.4 Å². The van der Waals surface area contributed by atoms with Crippen molar-refractivity contribution in [2.75, 3.05) is 13.2 Å². The Morgan fingerprint density at radius 3 is 2.19 bits per heavy atom. The van der Waals surface area contributed by atoms with Gasteiger partial charge in [0.2, 0.25) is 6.10 Å². The van der Waals surface area contributed by atoms with E-state index in [1.165, 1.54) is 12.1 Å². The SMILES string of the molecule is CCOC[C@H](c1ccccc1)N1C(=O)[C@H](Oc2ccccc2)[C@H]1C(F)(F)F. The van der Waals surface area contributed by atoms with E-state index in [9.17, 15) is 18.0 Å². The van der Waals surface area contributed by atoms with E-state index >= 15 is 0 Å². The van der Waals surface area contributed by atoms with Crippen molar-refractivity contribution in [2.24, 2.45) is 0 Å². The van der Waals surface area contributed by atoms with Crippen molar-refractivity contribution in [1.29, 1.82) is 0 Å². The van der Waals surface area contributed by atoms with Crippen molar-refractivity contribution < 1.29 is 27.4 Å². The van der Waals surface area contributed by atoms with Gasteiger partial charge in [-0.15, -0.1) is 0 Å². The summed E-state index contributed by atoms with van der Waals surface area (Å²) >= 11 is 0. The van der Waals surface area contributed by atoms with Crippen molar-refractivity contribution in [1.82, 2.24) is 4.90 Å². The second-order valence-corrected chi connectivity index (χ2v) is 6.17. The maximum Gasteiger partial charge on any atom is 0.413 e. The Kier molecular flexibility index (Phi) is 5.70. The summed E-state index contributed by atoms with van der Waals surface area (Å²) in [4.78, 5) is 13.5. The molecule has 1 amide bonds. The highest BCUT2D eigenvalue weighted by molar-refractivity contribution is 5.89. The number of ether oxygens (including phenoxy) is 2. The predicted octanol–water partition coefficient (Wildman–Crippen LogP) is 3.98. The van der Waals surface area contributed by atoms with Crippen LogP contribution in [-0.4, -0.2) is 42.3 Å². The maximum atomic E-state index is 13.8. The molecule has 0 saturated carbocycles. The number of nitrogens with zero attached hydrogens (tertiary/aromatic N) is 1. The summed E-state index contributed by atoms with van der Waals surface area (Å²) in [5.74, 6) is -0.472. The standard InChI is InChI=1S/C20H20F3NO3/c1-2-26-13-16(14-9-5-3-6-10-14)24-18(20(21,22)23)17(19(24)25)27-15-11-7-4-8-12-15/h3-12,16-18H,2,13H2,1H3/t16-,17-,18+/m1/s1. The van der Waals surface area contributed by atoms with Gasteiger partial charge in [-0.2, -0.15) is 13.2 Å². The first kappa shape index (κ1) is 19.2. The van der Waals surface area contributed by atoms with Crippen LogP contribution in [0.2, 0.25) is 0 Å². The number of β-lactam (4-membered cyclic amide) rings is 1. The van der Waals surface area contributed by atoms with Crippen molar-refractivity contribution in [3.63, 3.8) is 0 Å². The molecule has 0 radical (unpaired) electrons. The molecule has 1 aliphatic heterocycles. The summed E-state index contributed by atoms with van der Waals surface area (Å²) in [6.07, 6.45) is -6.22. The molecule has 1 fully saturated rings. The molecule has 1 saturated heterocycles. The highest BCUT2D eigenvalue weighted by Gasteiger charge is 2.64. The summed E-state index contributed by atoms with van der Waals surface area (Å²) in [7, 11) is 0. The largest absolute Gasteiger partial charge is 0.478 e. The van der Waals surface area contributed by atoms with Gasteiger partial charge in [-0.3, -0.25) is 4.79 Å². The smallest absolute Gasteiger partial charge is 0.413 e. The van der Waals surface area contributed by atoms with Gasteiger partial charge in [0.1, 0.15) is 5.75 Å². The first-order valence-corrected chi connectivity index (χ1v) is 8.66. The molecule has 0 aliphatic carbocycles. The molecular formula is C20H20F3NO3. The van der Waals surface area contributed by atoms with Gasteiger partial charge in [-0.1, -0.05) is 48.5 Å². The molecule has 2 aromatic rings. The molecule has 2 aromatic carbocycles. The number of hydrogen-bond donors (Lipinski definition) is 0. The van der Waals surface area contributed by atoms with Crippen LogP contribution in [0.25, 0.3) is 0 Å². The molecule has 1 aliphatic rings. The quantitative estimate of drug-likeness (QED) is 0.683. The van der Waals surface area contributed by atoms with Gasteiger partial charge >= 0.3 is 6.18 Å². The number of carbonyl (C=O) groups excluding carboxylic acids is 1. The Labute approximate surface area is 155 Å². The van der Waals surface area contributed by atoms with E-state index in [1.807, 2.05) is 0 Å². The topological polar surface area (TPSA) is 38.8 Å². The number of rotatable bonds is 7. The number of halogens is 3. The number of para-hydroxylation sites is 1. The highest BCUT2D eigenvalue weighted by Crippen LogP contribution is 2.42. The first-order chi connectivity index (χ1) is 12.9. The molecule has 0 N–H and O–H groups in total. The Bertz CT molecular complexity index is 752. The molecule has 27 heavy (non-hydrogen) atoms. The van der Waals surface area contributed by atoms with Crippen molar-refractivity contribution in [3.05, 3.63) is 66.2 Å². The zero-order chi connectivity index (χ0) is 19.4. The van der Waals surface area contributed by atoms with Gasteiger partial charge < -0.3 is 14.4 Å². The minimum atomic E-state index is -4.62.